The molecule has 0 bridgehead atoms. The number of hydrogen-bond donors (Lipinski definition) is 0. The molecule has 0 atom stereocenters. The smallest absolute Gasteiger partial charge is 0.294 e. The molecule has 0 spiro atoms. The van der Waals surface area contributed by atoms with Gasteiger partial charge in [-0.2, -0.15) is 0 Å². The van der Waals surface area contributed by atoms with Crippen molar-refractivity contribution in [2.45, 2.75) is 0 Å². The van der Waals surface area contributed by atoms with Crippen molar-refractivity contribution in [3.05, 3.63) is 65.1 Å². The van der Waals surface area contributed by atoms with Gasteiger partial charge < -0.3 is 9.64 Å². The highest BCUT2D eigenvalue weighted by Gasteiger charge is 2.37. The maximum absolute atomic E-state index is 12.6. The Morgan fingerprint density at radius 2 is 1.62 bits per heavy atom. The number of carbonyl (C=O) groups is 3. The SMILES string of the molecule is O=C(CN1C(=O)S/C(=C/c2ccc(-c3ccccc3)cc2)C1=O)N1CCOCC1. The molecule has 6 nitrogen and oxygen atoms in total. The van der Waals surface area contributed by atoms with Gasteiger partial charge in [0.2, 0.25) is 5.91 Å². The van der Waals surface area contributed by atoms with Crippen molar-refractivity contribution in [2.75, 3.05) is 32.8 Å². The van der Waals surface area contributed by atoms with Crippen LogP contribution in [0.1, 0.15) is 5.56 Å². The lowest BCUT2D eigenvalue weighted by molar-refractivity contribution is -0.139. The summed E-state index contributed by atoms with van der Waals surface area (Å²) < 4.78 is 5.23. The van der Waals surface area contributed by atoms with E-state index in [1.165, 1.54) is 0 Å². The molecule has 7 heteroatoms. The predicted molar refractivity (Wildman–Crippen MR) is 112 cm³/mol. The fourth-order valence-corrected chi connectivity index (χ4v) is 4.08. The van der Waals surface area contributed by atoms with E-state index in [0.29, 0.717) is 31.2 Å². The van der Waals surface area contributed by atoms with Crippen LogP contribution in [0.3, 0.4) is 0 Å². The minimum Gasteiger partial charge on any atom is -0.378 e. The molecule has 2 heterocycles. The number of imide groups is 1. The Balaban J connectivity index is 1.45. The Morgan fingerprint density at radius 1 is 0.966 bits per heavy atom. The molecule has 3 amide bonds. The molecule has 29 heavy (non-hydrogen) atoms. The Morgan fingerprint density at radius 3 is 2.31 bits per heavy atom. The largest absolute Gasteiger partial charge is 0.378 e. The zero-order valence-corrected chi connectivity index (χ0v) is 16.6. The van der Waals surface area contributed by atoms with E-state index in [2.05, 4.69) is 0 Å². The van der Waals surface area contributed by atoms with E-state index in [-0.39, 0.29) is 12.5 Å². The third kappa shape index (κ3) is 4.41. The topological polar surface area (TPSA) is 66.9 Å². The van der Waals surface area contributed by atoms with E-state index in [9.17, 15) is 14.4 Å². The number of morpholine rings is 1. The fourth-order valence-electron chi connectivity index (χ4n) is 3.24. The second-order valence-electron chi connectivity index (χ2n) is 6.75. The number of thioether (sulfide) groups is 1. The quantitative estimate of drug-likeness (QED) is 0.727. The molecule has 0 aliphatic carbocycles. The van der Waals surface area contributed by atoms with Crippen LogP contribution in [0.25, 0.3) is 17.2 Å². The lowest BCUT2D eigenvalue weighted by atomic mass is 10.0. The van der Waals surface area contributed by atoms with Gasteiger partial charge in [0.05, 0.1) is 18.1 Å². The second-order valence-corrected chi connectivity index (χ2v) is 7.74. The van der Waals surface area contributed by atoms with Crippen molar-refractivity contribution in [1.29, 1.82) is 0 Å². The molecule has 2 aliphatic rings. The van der Waals surface area contributed by atoms with Gasteiger partial charge in [0.25, 0.3) is 11.1 Å². The standard InChI is InChI=1S/C22H20N2O4S/c25-20(23-10-12-28-13-11-23)15-24-21(26)19(29-22(24)27)14-16-6-8-18(9-7-16)17-4-2-1-3-5-17/h1-9,14H,10-13,15H2/b19-14+. The highest BCUT2D eigenvalue weighted by molar-refractivity contribution is 8.18. The van der Waals surface area contributed by atoms with Crippen LogP contribution in [0, 0.1) is 0 Å². The van der Waals surface area contributed by atoms with Gasteiger partial charge in [0, 0.05) is 13.1 Å². The summed E-state index contributed by atoms with van der Waals surface area (Å²) in [5.74, 6) is -0.655. The normalized spacial score (nSPS) is 18.6. The van der Waals surface area contributed by atoms with Gasteiger partial charge in [0.15, 0.2) is 0 Å². The molecule has 0 unspecified atom stereocenters. The molecule has 2 aromatic carbocycles. The molecule has 0 N–H and O–H groups in total. The third-order valence-electron chi connectivity index (χ3n) is 4.85. The van der Waals surface area contributed by atoms with Gasteiger partial charge in [0.1, 0.15) is 6.54 Å². The van der Waals surface area contributed by atoms with Crippen LogP contribution in [-0.4, -0.2) is 59.7 Å². The minimum atomic E-state index is -0.422. The van der Waals surface area contributed by atoms with Crippen LogP contribution in [0.5, 0.6) is 0 Å². The molecule has 0 aromatic heterocycles. The van der Waals surface area contributed by atoms with Crippen molar-refractivity contribution < 1.29 is 19.1 Å². The molecule has 2 saturated heterocycles. The molecular weight excluding hydrogens is 388 g/mol. The van der Waals surface area contributed by atoms with Crippen LogP contribution in [0.4, 0.5) is 4.79 Å². The Labute approximate surface area is 173 Å². The van der Waals surface area contributed by atoms with E-state index >= 15 is 0 Å². The lowest BCUT2D eigenvalue weighted by Crippen LogP contribution is -2.46. The molecule has 0 saturated carbocycles. The Hall–Kier alpha value is -2.90. The molecule has 0 radical (unpaired) electrons. The summed E-state index contributed by atoms with van der Waals surface area (Å²) in [6.45, 7) is 1.70. The van der Waals surface area contributed by atoms with Crippen molar-refractivity contribution >= 4 is 34.9 Å². The molecule has 148 valence electrons. The summed E-state index contributed by atoms with van der Waals surface area (Å²) in [6.07, 6.45) is 1.69. The summed E-state index contributed by atoms with van der Waals surface area (Å²) in [5, 5.41) is -0.413. The van der Waals surface area contributed by atoms with Gasteiger partial charge in [-0.25, -0.2) is 0 Å². The van der Waals surface area contributed by atoms with Crippen LogP contribution in [0.2, 0.25) is 0 Å². The number of carbonyl (C=O) groups excluding carboxylic acids is 3. The first kappa shape index (κ1) is 19.4. The number of ether oxygens (including phenoxy) is 1. The third-order valence-corrected chi connectivity index (χ3v) is 5.75. The second kappa shape index (κ2) is 8.63. The van der Waals surface area contributed by atoms with E-state index in [0.717, 1.165) is 33.4 Å². The van der Waals surface area contributed by atoms with Crippen LogP contribution >= 0.6 is 11.8 Å². The lowest BCUT2D eigenvalue weighted by Gasteiger charge is -2.28. The molecular formula is C22H20N2O4S. The van der Waals surface area contributed by atoms with Crippen LogP contribution in [0.15, 0.2) is 59.5 Å². The average Bonchev–Trinajstić information content (AvgIpc) is 3.03. The first-order valence-corrected chi connectivity index (χ1v) is 10.2. The van der Waals surface area contributed by atoms with Crippen molar-refractivity contribution in [2.24, 2.45) is 0 Å². The van der Waals surface area contributed by atoms with Gasteiger partial charge in [-0.1, -0.05) is 54.6 Å². The highest BCUT2D eigenvalue weighted by Crippen LogP contribution is 2.32. The van der Waals surface area contributed by atoms with Crippen LogP contribution in [-0.2, 0) is 14.3 Å². The summed E-state index contributed by atoms with van der Waals surface area (Å²) in [4.78, 5) is 40.3. The average molecular weight is 408 g/mol. The monoisotopic (exact) mass is 408 g/mol. The van der Waals surface area contributed by atoms with Crippen molar-refractivity contribution in [1.82, 2.24) is 9.80 Å². The summed E-state index contributed by atoms with van der Waals surface area (Å²) in [5.41, 5.74) is 3.02. The first-order chi connectivity index (χ1) is 14.1. The predicted octanol–water partition coefficient (Wildman–Crippen LogP) is 3.25. The molecule has 2 aliphatic heterocycles. The zero-order chi connectivity index (χ0) is 20.2. The maximum atomic E-state index is 12.6. The van der Waals surface area contributed by atoms with Gasteiger partial charge in [-0.05, 0) is 34.5 Å². The van der Waals surface area contributed by atoms with Crippen molar-refractivity contribution in [3.63, 3.8) is 0 Å². The minimum absolute atomic E-state index is 0.227. The van der Waals surface area contributed by atoms with E-state index in [1.54, 1.807) is 11.0 Å². The molecule has 2 fully saturated rings. The summed E-state index contributed by atoms with van der Waals surface area (Å²) in [7, 11) is 0. The highest BCUT2D eigenvalue weighted by atomic mass is 32.2. The summed E-state index contributed by atoms with van der Waals surface area (Å²) in [6, 6.07) is 17.8. The van der Waals surface area contributed by atoms with Crippen LogP contribution < -0.4 is 0 Å². The summed E-state index contributed by atoms with van der Waals surface area (Å²) >= 11 is 0.869. The fraction of sp³-hybridized carbons (Fsp3) is 0.227. The maximum Gasteiger partial charge on any atom is 0.294 e. The van der Waals surface area contributed by atoms with Gasteiger partial charge in [-0.3, -0.25) is 19.3 Å². The number of amides is 3. The van der Waals surface area contributed by atoms with E-state index < -0.39 is 11.1 Å². The first-order valence-electron chi connectivity index (χ1n) is 9.38. The Kier molecular flexibility index (Phi) is 5.78. The molecule has 2 aromatic rings. The zero-order valence-electron chi connectivity index (χ0n) is 15.7. The Bertz CT molecular complexity index is 951. The van der Waals surface area contributed by atoms with Gasteiger partial charge >= 0.3 is 0 Å². The number of nitrogens with zero attached hydrogens (tertiary/aromatic N) is 2. The van der Waals surface area contributed by atoms with E-state index in [4.69, 9.17) is 4.74 Å². The number of benzene rings is 2. The number of hydrogen-bond acceptors (Lipinski definition) is 5. The van der Waals surface area contributed by atoms with Crippen molar-refractivity contribution in [3.8, 4) is 11.1 Å². The molecule has 4 rings (SSSR count). The number of rotatable bonds is 4. The van der Waals surface area contributed by atoms with Gasteiger partial charge in [-0.15, -0.1) is 0 Å². The van der Waals surface area contributed by atoms with E-state index in [1.807, 2.05) is 54.6 Å².